The lowest BCUT2D eigenvalue weighted by molar-refractivity contribution is 0.0212. The summed E-state index contributed by atoms with van der Waals surface area (Å²) in [6.45, 7) is 9.36. The maximum atomic E-state index is 12.6. The second-order valence-electron chi connectivity index (χ2n) is 6.25. The summed E-state index contributed by atoms with van der Waals surface area (Å²) in [6.07, 6.45) is 0. The zero-order valence-electron chi connectivity index (χ0n) is 12.7. The Hall–Kier alpha value is -0.710. The highest BCUT2D eigenvalue weighted by Gasteiger charge is 2.34. The monoisotopic (exact) mass is 338 g/mol. The molecule has 1 saturated heterocycles. The Morgan fingerprint density at radius 1 is 1.25 bits per heavy atom. The van der Waals surface area contributed by atoms with Crippen molar-refractivity contribution in [2.24, 2.45) is 0 Å². The fourth-order valence-corrected chi connectivity index (χ4v) is 2.89. The van der Waals surface area contributed by atoms with E-state index in [-0.39, 0.29) is 17.4 Å². The van der Waals surface area contributed by atoms with Crippen molar-refractivity contribution >= 4 is 21.7 Å². The van der Waals surface area contributed by atoms with E-state index in [4.69, 9.17) is 0 Å². The van der Waals surface area contributed by atoms with E-state index in [9.17, 15) is 4.79 Å². The fourth-order valence-electron chi connectivity index (χ4n) is 2.63. The molecule has 3 nitrogen and oxygen atoms in total. The second-order valence-corrected chi connectivity index (χ2v) is 7.17. The van der Waals surface area contributed by atoms with Gasteiger partial charge in [0.1, 0.15) is 0 Å². The zero-order valence-corrected chi connectivity index (χ0v) is 14.3. The number of carbonyl (C=O) groups is 1. The van der Waals surface area contributed by atoms with Crippen LogP contribution in [0.3, 0.4) is 0 Å². The minimum atomic E-state index is -0.0656. The van der Waals surface area contributed by atoms with E-state index in [0.29, 0.717) is 0 Å². The summed E-state index contributed by atoms with van der Waals surface area (Å²) in [5.74, 6) is 0.206. The number of halogens is 1. The highest BCUT2D eigenvalue weighted by Crippen LogP contribution is 2.22. The molecule has 1 atom stereocenters. The first-order chi connectivity index (χ1) is 9.31. The van der Waals surface area contributed by atoms with Crippen molar-refractivity contribution in [1.82, 2.24) is 9.80 Å². The number of nitrogens with zero attached hydrogens (tertiary/aromatic N) is 2. The first kappa shape index (κ1) is 15.7. The molecule has 1 aromatic rings. The van der Waals surface area contributed by atoms with E-state index in [0.717, 1.165) is 29.7 Å². The largest absolute Gasteiger partial charge is 0.299 e. The predicted molar refractivity (Wildman–Crippen MR) is 86.2 cm³/mol. The quantitative estimate of drug-likeness (QED) is 0.791. The van der Waals surface area contributed by atoms with Gasteiger partial charge in [0.2, 0.25) is 0 Å². The number of Topliss-reactive ketones (excluding diaryl/α,β-unsaturated/α-hetero) is 1. The molecule has 1 unspecified atom stereocenters. The molecule has 1 heterocycles. The average molecular weight is 339 g/mol. The van der Waals surface area contributed by atoms with Crippen molar-refractivity contribution in [3.8, 4) is 0 Å². The van der Waals surface area contributed by atoms with Crippen LogP contribution in [0.25, 0.3) is 0 Å². The van der Waals surface area contributed by atoms with Crippen LogP contribution < -0.4 is 0 Å². The van der Waals surface area contributed by atoms with E-state index < -0.39 is 0 Å². The molecule has 0 N–H and O–H groups in total. The van der Waals surface area contributed by atoms with Crippen molar-refractivity contribution in [3.63, 3.8) is 0 Å². The SMILES string of the molecule is CC(C(=O)c1ccc(Br)cc1)N1CCN(C)C(C)(C)C1. The molecule has 0 bridgehead atoms. The Labute approximate surface area is 130 Å². The Morgan fingerprint density at radius 3 is 2.40 bits per heavy atom. The van der Waals surface area contributed by atoms with E-state index in [2.05, 4.69) is 46.6 Å². The van der Waals surface area contributed by atoms with Gasteiger partial charge < -0.3 is 0 Å². The first-order valence-corrected chi connectivity index (χ1v) is 7.85. The van der Waals surface area contributed by atoms with Gasteiger partial charge in [-0.3, -0.25) is 14.6 Å². The van der Waals surface area contributed by atoms with Crippen molar-refractivity contribution in [3.05, 3.63) is 34.3 Å². The van der Waals surface area contributed by atoms with Crippen molar-refractivity contribution < 1.29 is 4.79 Å². The Bertz CT molecular complexity index is 484. The highest BCUT2D eigenvalue weighted by molar-refractivity contribution is 9.10. The molecule has 0 spiro atoms. The van der Waals surface area contributed by atoms with Gasteiger partial charge >= 0.3 is 0 Å². The summed E-state index contributed by atoms with van der Waals surface area (Å²) in [4.78, 5) is 17.2. The Kier molecular flexibility index (Phi) is 4.67. The van der Waals surface area contributed by atoms with Gasteiger partial charge in [-0.1, -0.05) is 28.1 Å². The van der Waals surface area contributed by atoms with Gasteiger partial charge in [0, 0.05) is 35.2 Å². The summed E-state index contributed by atoms with van der Waals surface area (Å²) in [5.41, 5.74) is 0.907. The summed E-state index contributed by atoms with van der Waals surface area (Å²) < 4.78 is 1.00. The number of hydrogen-bond acceptors (Lipinski definition) is 3. The number of piperazine rings is 1. The topological polar surface area (TPSA) is 23.6 Å². The first-order valence-electron chi connectivity index (χ1n) is 7.06. The highest BCUT2D eigenvalue weighted by atomic mass is 79.9. The van der Waals surface area contributed by atoms with Crippen LogP contribution in [-0.2, 0) is 0 Å². The number of hydrogen-bond donors (Lipinski definition) is 0. The molecule has 0 radical (unpaired) electrons. The molecule has 1 aliphatic rings. The summed E-state index contributed by atoms with van der Waals surface area (Å²) in [7, 11) is 2.15. The van der Waals surface area contributed by atoms with Gasteiger partial charge in [0.05, 0.1) is 6.04 Å². The number of rotatable bonds is 3. The normalized spacial score (nSPS) is 21.6. The summed E-state index contributed by atoms with van der Waals surface area (Å²) >= 11 is 3.40. The number of likely N-dealkylation sites (N-methyl/N-ethyl adjacent to an activating group) is 1. The third-order valence-corrected chi connectivity index (χ3v) is 4.93. The zero-order chi connectivity index (χ0) is 14.9. The van der Waals surface area contributed by atoms with Crippen LogP contribution in [0, 0.1) is 0 Å². The molecule has 0 aromatic heterocycles. The molecule has 20 heavy (non-hydrogen) atoms. The van der Waals surface area contributed by atoms with Crippen molar-refractivity contribution in [2.75, 3.05) is 26.7 Å². The maximum absolute atomic E-state index is 12.6. The lowest BCUT2D eigenvalue weighted by Gasteiger charge is -2.47. The molecule has 1 aliphatic heterocycles. The molecule has 0 aliphatic carbocycles. The Balaban J connectivity index is 2.09. The van der Waals surface area contributed by atoms with Crippen LogP contribution in [0.1, 0.15) is 31.1 Å². The molecule has 110 valence electrons. The molecular formula is C16H23BrN2O. The van der Waals surface area contributed by atoms with Crippen LogP contribution in [0.15, 0.2) is 28.7 Å². The number of benzene rings is 1. The van der Waals surface area contributed by atoms with Gasteiger partial charge in [-0.15, -0.1) is 0 Å². The van der Waals surface area contributed by atoms with E-state index in [1.54, 1.807) is 0 Å². The van der Waals surface area contributed by atoms with E-state index in [1.807, 2.05) is 31.2 Å². The molecule has 4 heteroatoms. The lowest BCUT2D eigenvalue weighted by Crippen LogP contribution is -2.60. The molecule has 0 amide bonds. The van der Waals surface area contributed by atoms with Crippen LogP contribution in [-0.4, -0.2) is 53.8 Å². The van der Waals surface area contributed by atoms with Gasteiger partial charge in [-0.2, -0.15) is 0 Å². The van der Waals surface area contributed by atoms with Gasteiger partial charge in [-0.05, 0) is 40.0 Å². The molecule has 0 saturated carbocycles. The van der Waals surface area contributed by atoms with Crippen LogP contribution in [0.5, 0.6) is 0 Å². The number of carbonyl (C=O) groups excluding carboxylic acids is 1. The van der Waals surface area contributed by atoms with Gasteiger partial charge in [-0.25, -0.2) is 0 Å². The lowest BCUT2D eigenvalue weighted by atomic mass is 9.96. The van der Waals surface area contributed by atoms with Gasteiger partial charge in [0.25, 0.3) is 0 Å². The summed E-state index contributed by atoms with van der Waals surface area (Å²) in [5, 5.41) is 0. The van der Waals surface area contributed by atoms with E-state index >= 15 is 0 Å². The second kappa shape index (κ2) is 5.96. The van der Waals surface area contributed by atoms with Crippen LogP contribution >= 0.6 is 15.9 Å². The smallest absolute Gasteiger partial charge is 0.179 e. The molecule has 1 fully saturated rings. The average Bonchev–Trinajstić information content (AvgIpc) is 2.41. The Morgan fingerprint density at radius 2 is 1.85 bits per heavy atom. The third kappa shape index (κ3) is 3.30. The van der Waals surface area contributed by atoms with Crippen molar-refractivity contribution in [2.45, 2.75) is 32.4 Å². The van der Waals surface area contributed by atoms with Crippen LogP contribution in [0.2, 0.25) is 0 Å². The fraction of sp³-hybridized carbons (Fsp3) is 0.562. The maximum Gasteiger partial charge on any atom is 0.179 e. The molecule has 2 rings (SSSR count). The molecular weight excluding hydrogens is 316 g/mol. The van der Waals surface area contributed by atoms with E-state index in [1.165, 1.54) is 0 Å². The van der Waals surface area contributed by atoms with Crippen LogP contribution in [0.4, 0.5) is 0 Å². The third-order valence-electron chi connectivity index (χ3n) is 4.40. The standard InChI is InChI=1S/C16H23BrN2O/c1-12(15(20)13-5-7-14(17)8-6-13)19-10-9-18(4)16(2,3)11-19/h5-8,12H,9-11H2,1-4H3. The van der Waals surface area contributed by atoms with Crippen molar-refractivity contribution in [1.29, 1.82) is 0 Å². The van der Waals surface area contributed by atoms with Gasteiger partial charge in [0.15, 0.2) is 5.78 Å². The molecule has 1 aromatic carbocycles. The minimum absolute atomic E-state index is 0.0656. The minimum Gasteiger partial charge on any atom is -0.299 e. The predicted octanol–water partition coefficient (Wildman–Crippen LogP) is 3.05. The number of ketones is 1. The summed E-state index contributed by atoms with van der Waals surface area (Å²) in [6, 6.07) is 7.57.